The summed E-state index contributed by atoms with van der Waals surface area (Å²) in [5, 5.41) is 4.93. The second kappa shape index (κ2) is 10.3. The van der Waals surface area contributed by atoms with Crippen LogP contribution in [0, 0.1) is 5.82 Å². The molecule has 0 fully saturated rings. The molecule has 0 bridgehead atoms. The average molecular weight is 466 g/mol. The molecule has 0 atom stereocenters. The Bertz CT molecular complexity index is 662. The van der Waals surface area contributed by atoms with Gasteiger partial charge in [-0.05, 0) is 0 Å². The number of benzene rings is 1. The quantitative estimate of drug-likeness (QED) is 0.344. The van der Waals surface area contributed by atoms with Gasteiger partial charge < -0.3 is 0 Å². The molecule has 1 aromatic heterocycles. The van der Waals surface area contributed by atoms with Crippen LogP contribution in [0.25, 0.3) is 5.69 Å². The number of unbranched alkanes of at least 4 members (excludes halogenated alkanes) is 3. The topological polar surface area (TPSA) is 43.8 Å². The van der Waals surface area contributed by atoms with Crippen LogP contribution in [-0.2, 0) is 0 Å². The van der Waals surface area contributed by atoms with Crippen molar-refractivity contribution in [2.45, 2.75) is 72.6 Å². The van der Waals surface area contributed by atoms with Crippen LogP contribution >= 0.6 is 0 Å². The summed E-state index contributed by atoms with van der Waals surface area (Å²) in [6.45, 7) is 6.83. The first kappa shape index (κ1) is 21.3. The molecule has 0 aliphatic carbocycles. The van der Waals surface area contributed by atoms with E-state index in [9.17, 15) is 4.39 Å². The van der Waals surface area contributed by atoms with E-state index in [1.165, 1.54) is 61.6 Å². The molecule has 5 heteroatoms. The summed E-state index contributed by atoms with van der Waals surface area (Å²) in [5.41, 5.74) is 6.62. The summed E-state index contributed by atoms with van der Waals surface area (Å²) in [6, 6.07) is 7.02. The van der Waals surface area contributed by atoms with Crippen LogP contribution in [0.15, 0.2) is 30.5 Å². The predicted molar refractivity (Wildman–Crippen MR) is 112 cm³/mol. The Labute approximate surface area is 162 Å². The van der Waals surface area contributed by atoms with Crippen molar-refractivity contribution in [2.75, 3.05) is 5.73 Å². The van der Waals surface area contributed by atoms with E-state index in [-0.39, 0.29) is 5.82 Å². The number of aromatic nitrogens is 2. The number of nitrogens with two attached hydrogens (primary N) is 1. The van der Waals surface area contributed by atoms with E-state index in [4.69, 9.17) is 10.8 Å². The summed E-state index contributed by atoms with van der Waals surface area (Å²) in [5.74, 6) is -0.309. The number of nitrogens with zero attached hydrogens (tertiary/aromatic N) is 2. The van der Waals surface area contributed by atoms with Gasteiger partial charge in [-0.2, -0.15) is 0 Å². The molecule has 0 saturated heterocycles. The van der Waals surface area contributed by atoms with E-state index >= 15 is 0 Å². The maximum absolute atomic E-state index is 14.3. The standard InChI is InChI=1S/C9H7FN3.3C4H9.Sn/c10-8-6-7(11)2-3-9(8)13-5-1-4-12-13;3*1-3-4-2;/h1-3,5-6H,11H2;3*1,3-4H2,2H3;. The minimum atomic E-state index is -2.56. The van der Waals surface area contributed by atoms with Gasteiger partial charge in [0.2, 0.25) is 0 Å². The molecule has 1 aromatic carbocycles. The molecule has 0 radical (unpaired) electrons. The summed E-state index contributed by atoms with van der Waals surface area (Å²) in [7, 11) is 0. The van der Waals surface area contributed by atoms with E-state index in [1.807, 2.05) is 6.20 Å². The third-order valence-electron chi connectivity index (χ3n) is 5.38. The average Bonchev–Trinajstić information content (AvgIpc) is 3.12. The molecule has 3 nitrogen and oxygen atoms in total. The van der Waals surface area contributed by atoms with Crippen LogP contribution in [0.4, 0.5) is 10.1 Å². The zero-order valence-electron chi connectivity index (χ0n) is 16.6. The number of hydrogen-bond donors (Lipinski definition) is 1. The van der Waals surface area contributed by atoms with Gasteiger partial charge in [0.1, 0.15) is 0 Å². The number of halogens is 1. The summed E-state index contributed by atoms with van der Waals surface area (Å²) in [4.78, 5) is 0. The van der Waals surface area contributed by atoms with Crippen molar-refractivity contribution in [2.24, 2.45) is 0 Å². The van der Waals surface area contributed by atoms with Gasteiger partial charge in [-0.25, -0.2) is 0 Å². The number of hydrogen-bond acceptors (Lipinski definition) is 2. The van der Waals surface area contributed by atoms with E-state index in [0.29, 0.717) is 11.4 Å². The Morgan fingerprint density at radius 2 is 1.54 bits per heavy atom. The predicted octanol–water partition coefficient (Wildman–Crippen LogP) is 5.65. The molecule has 2 rings (SSSR count). The summed E-state index contributed by atoms with van der Waals surface area (Å²) in [6.07, 6.45) is 9.56. The van der Waals surface area contributed by atoms with Crippen molar-refractivity contribution < 1.29 is 4.39 Å². The first-order chi connectivity index (χ1) is 12.6. The van der Waals surface area contributed by atoms with Crippen molar-refractivity contribution in [1.29, 1.82) is 0 Å². The number of nitrogen functional groups attached to an aromatic ring is 1. The van der Waals surface area contributed by atoms with E-state index in [0.717, 1.165) is 0 Å². The normalized spacial score (nSPS) is 11.8. The molecule has 0 unspecified atom stereocenters. The van der Waals surface area contributed by atoms with Gasteiger partial charge in [-0.15, -0.1) is 0 Å². The Kier molecular flexibility index (Phi) is 8.45. The third-order valence-corrected chi connectivity index (χ3v) is 20.5. The van der Waals surface area contributed by atoms with Crippen LogP contribution in [0.3, 0.4) is 0 Å². The second-order valence-electron chi connectivity index (χ2n) is 7.45. The van der Waals surface area contributed by atoms with Crippen LogP contribution in [-0.4, -0.2) is 28.2 Å². The fraction of sp³-hybridized carbons (Fsp3) is 0.571. The van der Waals surface area contributed by atoms with Crippen LogP contribution in [0.2, 0.25) is 13.3 Å². The molecule has 0 amide bonds. The van der Waals surface area contributed by atoms with Gasteiger partial charge >= 0.3 is 162 Å². The molecule has 0 spiro atoms. The van der Waals surface area contributed by atoms with Gasteiger partial charge in [0, 0.05) is 0 Å². The van der Waals surface area contributed by atoms with Gasteiger partial charge in [0.15, 0.2) is 0 Å². The fourth-order valence-corrected chi connectivity index (χ4v) is 19.0. The van der Waals surface area contributed by atoms with Gasteiger partial charge in [-0.3, -0.25) is 0 Å². The molecular weight excluding hydrogens is 432 g/mol. The molecule has 0 aliphatic rings. The van der Waals surface area contributed by atoms with Gasteiger partial charge in [0.25, 0.3) is 0 Å². The molecule has 26 heavy (non-hydrogen) atoms. The Balaban J connectivity index is 2.38. The van der Waals surface area contributed by atoms with Crippen molar-refractivity contribution in [3.05, 3.63) is 36.3 Å². The Hall–Kier alpha value is -1.04. The monoisotopic (exact) mass is 467 g/mol. The Morgan fingerprint density at radius 1 is 0.962 bits per heavy atom. The van der Waals surface area contributed by atoms with Crippen LogP contribution in [0.1, 0.15) is 59.3 Å². The van der Waals surface area contributed by atoms with E-state index in [2.05, 4.69) is 26.8 Å². The van der Waals surface area contributed by atoms with Crippen molar-refractivity contribution in [3.63, 3.8) is 0 Å². The summed E-state index contributed by atoms with van der Waals surface area (Å²) < 4.78 is 21.5. The van der Waals surface area contributed by atoms with Gasteiger partial charge in [0.05, 0.1) is 0 Å². The second-order valence-corrected chi connectivity index (χ2v) is 20.5. The number of rotatable bonds is 11. The molecule has 2 N–H and O–H groups in total. The van der Waals surface area contributed by atoms with Crippen LogP contribution in [0.5, 0.6) is 0 Å². The first-order valence-corrected chi connectivity index (χ1v) is 17.7. The third kappa shape index (κ3) is 5.24. The molecule has 0 saturated carbocycles. The zero-order valence-corrected chi connectivity index (χ0v) is 19.5. The molecular formula is C21H34FN3Sn. The Morgan fingerprint density at radius 3 is 2.04 bits per heavy atom. The van der Waals surface area contributed by atoms with Crippen molar-refractivity contribution in [3.8, 4) is 5.69 Å². The van der Waals surface area contributed by atoms with Gasteiger partial charge in [-0.1, -0.05) is 0 Å². The van der Waals surface area contributed by atoms with E-state index in [1.54, 1.807) is 16.8 Å². The van der Waals surface area contributed by atoms with Crippen LogP contribution < -0.4 is 9.44 Å². The summed E-state index contributed by atoms with van der Waals surface area (Å²) >= 11 is -2.56. The maximum atomic E-state index is 14.3. The molecule has 0 aliphatic heterocycles. The van der Waals surface area contributed by atoms with Crippen molar-refractivity contribution in [1.82, 2.24) is 9.78 Å². The SMILES string of the molecule is CCC[CH2][Sn]([CH2]CCC)([CH2]CCC)[c]1ccn(-c2ccc(N)cc2F)n1. The molecule has 2 aromatic rings. The molecule has 144 valence electrons. The zero-order chi connectivity index (χ0) is 19.0. The molecule has 1 heterocycles. The van der Waals surface area contributed by atoms with Crippen molar-refractivity contribution >= 4 is 27.8 Å². The number of anilines is 1. The first-order valence-electron chi connectivity index (χ1n) is 10.2. The fourth-order valence-electron chi connectivity index (χ4n) is 3.75. The minimum absolute atomic E-state index is 0.309. The van der Waals surface area contributed by atoms with E-state index < -0.39 is 18.4 Å².